The van der Waals surface area contributed by atoms with Crippen molar-refractivity contribution in [2.24, 2.45) is 0 Å². The van der Waals surface area contributed by atoms with Gasteiger partial charge in [-0.2, -0.15) is 0 Å². The number of rotatable bonds is 5. The first-order chi connectivity index (χ1) is 12.0. The van der Waals surface area contributed by atoms with E-state index in [2.05, 4.69) is 22.5 Å². The fraction of sp³-hybridized carbons (Fsp3) is 0.389. The Morgan fingerprint density at radius 3 is 2.80 bits per heavy atom. The molecule has 0 bridgehead atoms. The van der Waals surface area contributed by atoms with Crippen LogP contribution in [-0.2, 0) is 6.42 Å². The molecule has 3 rings (SSSR count). The summed E-state index contributed by atoms with van der Waals surface area (Å²) in [6.07, 6.45) is 0.721. The van der Waals surface area contributed by atoms with Crippen molar-refractivity contribution in [3.8, 4) is 0 Å². The van der Waals surface area contributed by atoms with Gasteiger partial charge in [-0.25, -0.2) is 9.78 Å². The molecule has 1 aliphatic heterocycles. The molecule has 2 aromatic rings. The average molecular weight is 358 g/mol. The van der Waals surface area contributed by atoms with E-state index in [0.717, 1.165) is 28.4 Å². The van der Waals surface area contributed by atoms with E-state index >= 15 is 0 Å². The second kappa shape index (κ2) is 7.23. The molecule has 1 saturated heterocycles. The first-order valence-electron chi connectivity index (χ1n) is 8.33. The van der Waals surface area contributed by atoms with E-state index in [0.29, 0.717) is 25.2 Å². The molecule has 25 heavy (non-hydrogen) atoms. The first kappa shape index (κ1) is 17.4. The van der Waals surface area contributed by atoms with Crippen LogP contribution in [0.4, 0.5) is 10.5 Å². The molecule has 1 aromatic carbocycles. The number of carbonyl (C=O) groups excluding carboxylic acids is 2. The van der Waals surface area contributed by atoms with Crippen LogP contribution in [0.15, 0.2) is 18.2 Å². The first-order valence-corrected chi connectivity index (χ1v) is 9.14. The lowest BCUT2D eigenvalue weighted by molar-refractivity contribution is 0.0954. The van der Waals surface area contributed by atoms with E-state index in [4.69, 9.17) is 0 Å². The van der Waals surface area contributed by atoms with Gasteiger partial charge < -0.3 is 10.6 Å². The van der Waals surface area contributed by atoms with E-state index in [-0.39, 0.29) is 11.9 Å². The maximum absolute atomic E-state index is 12.4. The second-order valence-electron chi connectivity index (χ2n) is 6.14. The molecule has 132 valence electrons. The van der Waals surface area contributed by atoms with Crippen LogP contribution < -0.4 is 15.5 Å². The summed E-state index contributed by atoms with van der Waals surface area (Å²) in [7, 11) is 0. The Bertz CT molecular complexity index is 796. The summed E-state index contributed by atoms with van der Waals surface area (Å²) >= 11 is 1.67. The highest BCUT2D eigenvalue weighted by Gasteiger charge is 2.23. The molecule has 0 atom stereocenters. The van der Waals surface area contributed by atoms with Crippen molar-refractivity contribution < 1.29 is 9.59 Å². The Morgan fingerprint density at radius 1 is 1.36 bits per heavy atom. The van der Waals surface area contributed by atoms with E-state index in [1.54, 1.807) is 28.4 Å². The highest BCUT2D eigenvalue weighted by atomic mass is 32.1. The van der Waals surface area contributed by atoms with Crippen LogP contribution in [0.5, 0.6) is 0 Å². The minimum Gasteiger partial charge on any atom is -0.352 e. The van der Waals surface area contributed by atoms with E-state index in [9.17, 15) is 9.59 Å². The standard InChI is InChI=1S/C18H22N4O2S/c1-11-4-5-14(10-15(11)22-9-8-20-18(22)24)17(23)19-7-6-16-21-12(2)13(3)25-16/h4-5,10H,6-9H2,1-3H3,(H,19,23)(H,20,24). The molecule has 2 N–H and O–H groups in total. The van der Waals surface area contributed by atoms with Crippen molar-refractivity contribution in [1.82, 2.24) is 15.6 Å². The number of aryl methyl sites for hydroxylation is 3. The van der Waals surface area contributed by atoms with Crippen LogP contribution in [0.2, 0.25) is 0 Å². The molecule has 7 heteroatoms. The number of anilines is 1. The van der Waals surface area contributed by atoms with Gasteiger partial charge in [0.1, 0.15) is 0 Å². The second-order valence-corrected chi connectivity index (χ2v) is 7.43. The molecule has 1 aromatic heterocycles. The summed E-state index contributed by atoms with van der Waals surface area (Å²) in [4.78, 5) is 31.7. The van der Waals surface area contributed by atoms with Crippen LogP contribution in [-0.4, -0.2) is 36.6 Å². The highest BCUT2D eigenvalue weighted by molar-refractivity contribution is 7.11. The fourth-order valence-electron chi connectivity index (χ4n) is 2.77. The smallest absolute Gasteiger partial charge is 0.322 e. The summed E-state index contributed by atoms with van der Waals surface area (Å²) in [5, 5.41) is 6.75. The molecule has 2 heterocycles. The monoisotopic (exact) mass is 358 g/mol. The van der Waals surface area contributed by atoms with Crippen molar-refractivity contribution in [1.29, 1.82) is 0 Å². The summed E-state index contributed by atoms with van der Waals surface area (Å²) < 4.78 is 0. The number of hydrogen-bond acceptors (Lipinski definition) is 4. The van der Waals surface area contributed by atoms with Crippen LogP contribution in [0.1, 0.15) is 31.5 Å². The normalized spacial score (nSPS) is 13.9. The Morgan fingerprint density at radius 2 is 2.16 bits per heavy atom. The van der Waals surface area contributed by atoms with Crippen molar-refractivity contribution in [3.05, 3.63) is 44.9 Å². The maximum Gasteiger partial charge on any atom is 0.322 e. The minimum absolute atomic E-state index is 0.116. The van der Waals surface area contributed by atoms with E-state index in [1.165, 1.54) is 4.88 Å². The van der Waals surface area contributed by atoms with Crippen LogP contribution in [0, 0.1) is 20.8 Å². The highest BCUT2D eigenvalue weighted by Crippen LogP contribution is 2.23. The number of carbonyl (C=O) groups is 2. The molecule has 0 aliphatic carbocycles. The predicted octanol–water partition coefficient (Wildman–Crippen LogP) is 2.57. The summed E-state index contributed by atoms with van der Waals surface area (Å²) in [6.45, 7) is 7.77. The van der Waals surface area contributed by atoms with Crippen molar-refractivity contribution in [3.63, 3.8) is 0 Å². The Kier molecular flexibility index (Phi) is 5.03. The molecular formula is C18H22N4O2S. The molecule has 0 radical (unpaired) electrons. The lowest BCUT2D eigenvalue weighted by Gasteiger charge is -2.18. The zero-order valence-corrected chi connectivity index (χ0v) is 15.5. The van der Waals surface area contributed by atoms with Gasteiger partial charge in [-0.05, 0) is 38.5 Å². The third kappa shape index (κ3) is 3.82. The van der Waals surface area contributed by atoms with Crippen molar-refractivity contribution >= 4 is 29.0 Å². The Labute approximate surface area is 151 Å². The fourth-order valence-corrected chi connectivity index (χ4v) is 3.71. The summed E-state index contributed by atoms with van der Waals surface area (Å²) in [5.74, 6) is -0.133. The average Bonchev–Trinajstić information content (AvgIpc) is 3.13. The zero-order chi connectivity index (χ0) is 18.0. The number of nitrogens with zero attached hydrogens (tertiary/aromatic N) is 2. The third-order valence-electron chi connectivity index (χ3n) is 4.32. The SMILES string of the molecule is Cc1ccc(C(=O)NCCc2nc(C)c(C)s2)cc1N1CCNC1=O. The van der Waals surface area contributed by atoms with Gasteiger partial charge in [0.2, 0.25) is 0 Å². The number of benzene rings is 1. The molecule has 1 fully saturated rings. The summed E-state index contributed by atoms with van der Waals surface area (Å²) in [5.41, 5.74) is 3.38. The largest absolute Gasteiger partial charge is 0.352 e. The van der Waals surface area contributed by atoms with Gasteiger partial charge in [0.25, 0.3) is 5.91 Å². The minimum atomic E-state index is -0.133. The maximum atomic E-state index is 12.4. The molecule has 1 aliphatic rings. The van der Waals surface area contributed by atoms with Crippen molar-refractivity contribution in [2.75, 3.05) is 24.5 Å². The van der Waals surface area contributed by atoms with Gasteiger partial charge in [0.15, 0.2) is 0 Å². The zero-order valence-electron chi connectivity index (χ0n) is 14.7. The van der Waals surface area contributed by atoms with Crippen molar-refractivity contribution in [2.45, 2.75) is 27.2 Å². The summed E-state index contributed by atoms with van der Waals surface area (Å²) in [6, 6.07) is 5.34. The number of hydrogen-bond donors (Lipinski definition) is 2. The van der Waals surface area contributed by atoms with Gasteiger partial charge in [0.05, 0.1) is 10.7 Å². The van der Waals surface area contributed by atoms with Gasteiger partial charge in [0, 0.05) is 42.2 Å². The Balaban J connectivity index is 1.64. The van der Waals surface area contributed by atoms with Crippen LogP contribution >= 0.6 is 11.3 Å². The molecule has 0 unspecified atom stereocenters. The van der Waals surface area contributed by atoms with E-state index in [1.807, 2.05) is 19.9 Å². The van der Waals surface area contributed by atoms with Gasteiger partial charge in [-0.15, -0.1) is 11.3 Å². The molecule has 0 spiro atoms. The number of thiazole rings is 1. The Hall–Kier alpha value is -2.41. The molecule has 0 saturated carbocycles. The molecule has 6 nitrogen and oxygen atoms in total. The predicted molar refractivity (Wildman–Crippen MR) is 99.5 cm³/mol. The van der Waals surface area contributed by atoms with Gasteiger partial charge >= 0.3 is 6.03 Å². The third-order valence-corrected chi connectivity index (χ3v) is 5.45. The number of nitrogens with one attached hydrogen (secondary N) is 2. The number of amides is 3. The lowest BCUT2D eigenvalue weighted by Crippen LogP contribution is -2.29. The topological polar surface area (TPSA) is 74.3 Å². The quantitative estimate of drug-likeness (QED) is 0.863. The van der Waals surface area contributed by atoms with Gasteiger partial charge in [-0.1, -0.05) is 6.07 Å². The van der Waals surface area contributed by atoms with Gasteiger partial charge in [-0.3, -0.25) is 9.69 Å². The van der Waals surface area contributed by atoms with Crippen LogP contribution in [0.3, 0.4) is 0 Å². The molecule has 3 amide bonds. The van der Waals surface area contributed by atoms with E-state index < -0.39 is 0 Å². The number of aromatic nitrogens is 1. The van der Waals surface area contributed by atoms with Crippen LogP contribution in [0.25, 0.3) is 0 Å². The number of urea groups is 1. The lowest BCUT2D eigenvalue weighted by atomic mass is 10.1. The molecular weight excluding hydrogens is 336 g/mol.